The molecule has 5 heteroatoms. The highest BCUT2D eigenvalue weighted by molar-refractivity contribution is 6.99. The molecule has 0 bridgehead atoms. The van der Waals surface area contributed by atoms with Gasteiger partial charge in [-0.1, -0.05) is 120 Å². The van der Waals surface area contributed by atoms with Crippen molar-refractivity contribution in [1.82, 2.24) is 0 Å². The first kappa shape index (κ1) is 34.3. The van der Waals surface area contributed by atoms with E-state index in [-0.39, 0.29) is 17.5 Å². The van der Waals surface area contributed by atoms with Crippen LogP contribution in [-0.2, 0) is 10.8 Å². The zero-order valence-electron chi connectivity index (χ0n) is 33.1. The smallest absolute Gasteiger partial charge is 0.256 e. The van der Waals surface area contributed by atoms with Crippen molar-refractivity contribution in [2.45, 2.75) is 59.3 Å². The molecule has 0 N–H and O–H groups in total. The molecule has 56 heavy (non-hydrogen) atoms. The van der Waals surface area contributed by atoms with E-state index >= 15 is 0 Å². The van der Waals surface area contributed by atoms with Crippen molar-refractivity contribution < 1.29 is 9.15 Å². The number of rotatable bonds is 4. The van der Waals surface area contributed by atoms with Gasteiger partial charge in [0.1, 0.15) is 11.3 Å². The maximum Gasteiger partial charge on any atom is 0.256 e. The van der Waals surface area contributed by atoms with Crippen LogP contribution in [0.1, 0.15) is 58.2 Å². The first-order chi connectivity index (χ1) is 26.9. The summed E-state index contributed by atoms with van der Waals surface area (Å²) in [5.41, 5.74) is 15.6. The average Bonchev–Trinajstić information content (AvgIpc) is 3.57. The van der Waals surface area contributed by atoms with Gasteiger partial charge in [0.2, 0.25) is 0 Å². The van der Waals surface area contributed by atoms with Gasteiger partial charge < -0.3 is 19.0 Å². The third kappa shape index (κ3) is 5.44. The minimum Gasteiger partial charge on any atom is -0.454 e. The Labute approximate surface area is 330 Å². The van der Waals surface area contributed by atoms with Crippen molar-refractivity contribution in [1.29, 1.82) is 0 Å². The number of anilines is 6. The minimum atomic E-state index is -0.106. The van der Waals surface area contributed by atoms with E-state index in [4.69, 9.17) is 9.15 Å². The standard InChI is InChI=1S/C51H45BN2O2/c1-32-18-27-43-42(28-32)52-41-26-25-40-39-24-23-38(53(35-14-10-8-11-15-35)36-16-12-9-13-17-36)31-45(39)55-48(40)49(41)56-46-30-34(51(5,6)7)29-44(47(46)52)54(43)37-21-19-33(20-22-37)50(2,3)4/h8-31H,1-7H3. The van der Waals surface area contributed by atoms with Crippen LogP contribution in [0.4, 0.5) is 34.1 Å². The summed E-state index contributed by atoms with van der Waals surface area (Å²) < 4.78 is 14.1. The topological polar surface area (TPSA) is 28.9 Å². The second kappa shape index (κ2) is 12.4. The van der Waals surface area contributed by atoms with Gasteiger partial charge in [-0.05, 0) is 112 Å². The highest BCUT2D eigenvalue weighted by Gasteiger charge is 2.44. The van der Waals surface area contributed by atoms with E-state index in [1.165, 1.54) is 39.0 Å². The summed E-state index contributed by atoms with van der Waals surface area (Å²) in [5.74, 6) is 1.69. The Bertz CT molecular complexity index is 2770. The second-order valence-corrected chi connectivity index (χ2v) is 17.5. The molecule has 2 aliphatic heterocycles. The predicted molar refractivity (Wildman–Crippen MR) is 236 cm³/mol. The maximum atomic E-state index is 7.18. The van der Waals surface area contributed by atoms with Crippen LogP contribution in [0.2, 0.25) is 0 Å². The van der Waals surface area contributed by atoms with Gasteiger partial charge in [0.05, 0.1) is 0 Å². The van der Waals surface area contributed by atoms with Gasteiger partial charge in [-0.3, -0.25) is 0 Å². The molecule has 274 valence electrons. The number of benzene rings is 7. The fourth-order valence-electron chi connectivity index (χ4n) is 8.71. The fraction of sp³-hybridized carbons (Fsp3) is 0.176. The quantitative estimate of drug-likeness (QED) is 0.169. The number of hydrogen-bond donors (Lipinski definition) is 0. The molecular weight excluding hydrogens is 683 g/mol. The van der Waals surface area contributed by atoms with E-state index in [2.05, 4.69) is 204 Å². The molecule has 0 saturated carbocycles. The fourth-order valence-corrected chi connectivity index (χ4v) is 8.71. The van der Waals surface area contributed by atoms with Crippen LogP contribution >= 0.6 is 0 Å². The number of hydrogen-bond acceptors (Lipinski definition) is 4. The number of ether oxygens (including phenoxy) is 1. The number of furan rings is 1. The van der Waals surface area contributed by atoms with Crippen LogP contribution < -0.4 is 30.9 Å². The van der Waals surface area contributed by atoms with Gasteiger partial charge in [0.25, 0.3) is 6.71 Å². The maximum absolute atomic E-state index is 7.18. The van der Waals surface area contributed by atoms with Crippen molar-refractivity contribution >= 4 is 79.2 Å². The Morgan fingerprint density at radius 1 is 0.554 bits per heavy atom. The lowest BCUT2D eigenvalue weighted by Crippen LogP contribution is -2.59. The monoisotopic (exact) mass is 728 g/mol. The molecule has 10 rings (SSSR count). The van der Waals surface area contributed by atoms with E-state index in [0.29, 0.717) is 0 Å². The number of para-hydroxylation sites is 2. The van der Waals surface area contributed by atoms with Crippen LogP contribution in [0.15, 0.2) is 150 Å². The third-order valence-electron chi connectivity index (χ3n) is 11.7. The van der Waals surface area contributed by atoms with Crippen LogP contribution in [-0.4, -0.2) is 6.71 Å². The summed E-state index contributed by atoms with van der Waals surface area (Å²) in [6.45, 7) is 15.8. The van der Waals surface area contributed by atoms with Crippen molar-refractivity contribution in [3.63, 3.8) is 0 Å². The molecular formula is C51H45BN2O2. The molecule has 0 radical (unpaired) electrons. The molecule has 0 amide bonds. The zero-order valence-corrected chi connectivity index (χ0v) is 33.1. The summed E-state index contributed by atoms with van der Waals surface area (Å²) in [6, 6.07) is 52.7. The Hall–Kier alpha value is -6.20. The number of fused-ring (bicyclic) bond motifs is 8. The van der Waals surface area contributed by atoms with Gasteiger partial charge in [0, 0.05) is 51.0 Å². The summed E-state index contributed by atoms with van der Waals surface area (Å²) in [5, 5.41) is 2.11. The SMILES string of the molecule is Cc1ccc2c(c1)B1c3ccc4c(oc5cc(N(c6ccccc6)c6ccccc6)ccc54)c3Oc3cc(C(C)(C)C)cc(c31)N2c1ccc(C(C)(C)C)cc1. The lowest BCUT2D eigenvalue weighted by Gasteiger charge is -2.41. The summed E-state index contributed by atoms with van der Waals surface area (Å²) in [4.78, 5) is 4.72. The first-order valence-corrected chi connectivity index (χ1v) is 19.7. The molecule has 3 heterocycles. The number of aryl methyl sites for hydroxylation is 1. The normalized spacial score (nSPS) is 13.3. The molecule has 2 aliphatic rings. The van der Waals surface area contributed by atoms with Crippen molar-refractivity contribution in [2.75, 3.05) is 9.80 Å². The molecule has 4 nitrogen and oxygen atoms in total. The Balaban J connectivity index is 1.18. The van der Waals surface area contributed by atoms with Crippen LogP contribution in [0, 0.1) is 6.92 Å². The molecule has 0 aliphatic carbocycles. The molecule has 0 atom stereocenters. The molecule has 7 aromatic carbocycles. The Morgan fingerprint density at radius 2 is 1.21 bits per heavy atom. The lowest BCUT2D eigenvalue weighted by atomic mass is 9.34. The van der Waals surface area contributed by atoms with E-state index in [0.717, 1.165) is 61.6 Å². The molecule has 0 fully saturated rings. The van der Waals surface area contributed by atoms with E-state index in [1.807, 2.05) is 0 Å². The second-order valence-electron chi connectivity index (χ2n) is 17.5. The highest BCUT2D eigenvalue weighted by atomic mass is 16.5. The van der Waals surface area contributed by atoms with Gasteiger partial charge in [-0.25, -0.2) is 0 Å². The lowest BCUT2D eigenvalue weighted by molar-refractivity contribution is 0.477. The third-order valence-corrected chi connectivity index (χ3v) is 11.7. The Morgan fingerprint density at radius 3 is 1.88 bits per heavy atom. The molecule has 0 unspecified atom stereocenters. The Kier molecular flexibility index (Phi) is 7.60. The summed E-state index contributed by atoms with van der Waals surface area (Å²) >= 11 is 0. The van der Waals surface area contributed by atoms with E-state index < -0.39 is 0 Å². The zero-order chi connectivity index (χ0) is 38.5. The van der Waals surface area contributed by atoms with Crippen molar-refractivity contribution in [3.05, 3.63) is 162 Å². The minimum absolute atomic E-state index is 0.0300. The van der Waals surface area contributed by atoms with E-state index in [9.17, 15) is 0 Å². The van der Waals surface area contributed by atoms with Gasteiger partial charge in [-0.2, -0.15) is 0 Å². The first-order valence-electron chi connectivity index (χ1n) is 19.7. The molecule has 0 spiro atoms. The summed E-state index contributed by atoms with van der Waals surface area (Å²) in [7, 11) is 0. The van der Waals surface area contributed by atoms with Gasteiger partial charge >= 0.3 is 0 Å². The van der Waals surface area contributed by atoms with Crippen LogP contribution in [0.5, 0.6) is 11.5 Å². The van der Waals surface area contributed by atoms with Gasteiger partial charge in [0.15, 0.2) is 11.3 Å². The predicted octanol–water partition coefficient (Wildman–Crippen LogP) is 12.4. The van der Waals surface area contributed by atoms with E-state index in [1.54, 1.807) is 0 Å². The average molecular weight is 729 g/mol. The molecule has 1 aromatic heterocycles. The molecule has 0 saturated heterocycles. The van der Waals surface area contributed by atoms with Crippen LogP contribution in [0.3, 0.4) is 0 Å². The highest BCUT2D eigenvalue weighted by Crippen LogP contribution is 2.46. The van der Waals surface area contributed by atoms with Gasteiger partial charge in [-0.15, -0.1) is 0 Å². The number of nitrogens with zero attached hydrogens (tertiary/aromatic N) is 2. The molecule has 8 aromatic rings. The van der Waals surface area contributed by atoms with Crippen molar-refractivity contribution in [3.8, 4) is 11.5 Å². The van der Waals surface area contributed by atoms with Crippen molar-refractivity contribution in [2.24, 2.45) is 0 Å². The largest absolute Gasteiger partial charge is 0.454 e. The van der Waals surface area contributed by atoms with Crippen LogP contribution in [0.25, 0.3) is 21.9 Å². The summed E-state index contributed by atoms with van der Waals surface area (Å²) in [6.07, 6.45) is 0.